The van der Waals surface area contributed by atoms with E-state index >= 15 is 0 Å². The first-order valence-electron chi connectivity index (χ1n) is 9.21. The molecular formula is C19H26N4O2. The summed E-state index contributed by atoms with van der Waals surface area (Å²) in [4.78, 5) is 9.25. The quantitative estimate of drug-likeness (QED) is 0.868. The monoisotopic (exact) mass is 342 g/mol. The Labute approximate surface area is 148 Å². The predicted octanol–water partition coefficient (Wildman–Crippen LogP) is 2.19. The Balaban J connectivity index is 1.29. The molecule has 2 atom stereocenters. The van der Waals surface area contributed by atoms with Gasteiger partial charge >= 0.3 is 0 Å². The van der Waals surface area contributed by atoms with Gasteiger partial charge < -0.3 is 9.63 Å². The molecule has 1 N–H and O–H groups in total. The Morgan fingerprint density at radius 1 is 1.24 bits per heavy atom. The van der Waals surface area contributed by atoms with Gasteiger partial charge in [-0.1, -0.05) is 35.5 Å². The Morgan fingerprint density at radius 3 is 2.76 bits per heavy atom. The number of hydrogen-bond donors (Lipinski definition) is 1. The van der Waals surface area contributed by atoms with E-state index in [1.54, 1.807) is 0 Å². The van der Waals surface area contributed by atoms with Crippen LogP contribution in [0.5, 0.6) is 0 Å². The number of hydrogen-bond acceptors (Lipinski definition) is 6. The summed E-state index contributed by atoms with van der Waals surface area (Å²) < 4.78 is 5.40. The van der Waals surface area contributed by atoms with Gasteiger partial charge in [-0.2, -0.15) is 4.98 Å². The van der Waals surface area contributed by atoms with Crippen LogP contribution in [0, 0.1) is 0 Å². The SMILES string of the molecule is C[C@H]1CN(Cc2nc(C3CC3)no2)CCN1C[C@@H](O)c1ccccc1. The third-order valence-corrected chi connectivity index (χ3v) is 5.23. The largest absolute Gasteiger partial charge is 0.387 e. The zero-order valence-corrected chi connectivity index (χ0v) is 14.7. The van der Waals surface area contributed by atoms with Gasteiger partial charge in [-0.05, 0) is 25.3 Å². The van der Waals surface area contributed by atoms with E-state index in [0.717, 1.165) is 43.5 Å². The van der Waals surface area contributed by atoms with Gasteiger partial charge in [-0.15, -0.1) is 0 Å². The van der Waals surface area contributed by atoms with Crippen LogP contribution in [-0.4, -0.2) is 57.3 Å². The van der Waals surface area contributed by atoms with E-state index in [9.17, 15) is 5.11 Å². The van der Waals surface area contributed by atoms with Crippen LogP contribution in [0.2, 0.25) is 0 Å². The summed E-state index contributed by atoms with van der Waals surface area (Å²) in [7, 11) is 0. The molecule has 134 valence electrons. The molecule has 1 aromatic carbocycles. The molecule has 2 aromatic rings. The van der Waals surface area contributed by atoms with E-state index < -0.39 is 6.10 Å². The van der Waals surface area contributed by atoms with Gasteiger partial charge in [-0.25, -0.2) is 0 Å². The molecule has 1 saturated carbocycles. The molecule has 2 aliphatic rings. The summed E-state index contributed by atoms with van der Waals surface area (Å²) >= 11 is 0. The number of nitrogens with zero attached hydrogens (tertiary/aromatic N) is 4. The highest BCUT2D eigenvalue weighted by molar-refractivity contribution is 5.17. The van der Waals surface area contributed by atoms with Gasteiger partial charge in [0.1, 0.15) is 0 Å². The topological polar surface area (TPSA) is 65.6 Å². The first-order valence-corrected chi connectivity index (χ1v) is 9.21. The van der Waals surface area contributed by atoms with E-state index in [1.807, 2.05) is 30.3 Å². The van der Waals surface area contributed by atoms with Crippen LogP contribution < -0.4 is 0 Å². The number of aromatic nitrogens is 2. The molecule has 4 rings (SSSR count). The van der Waals surface area contributed by atoms with Crippen LogP contribution in [-0.2, 0) is 6.54 Å². The van der Waals surface area contributed by atoms with Crippen molar-refractivity contribution in [3.8, 4) is 0 Å². The summed E-state index contributed by atoms with van der Waals surface area (Å²) in [6, 6.07) is 10.3. The van der Waals surface area contributed by atoms with Gasteiger partial charge in [0.2, 0.25) is 5.89 Å². The third-order valence-electron chi connectivity index (χ3n) is 5.23. The van der Waals surface area contributed by atoms with Crippen LogP contribution >= 0.6 is 0 Å². The number of aliphatic hydroxyl groups is 1. The molecule has 0 unspecified atom stereocenters. The van der Waals surface area contributed by atoms with Crippen molar-refractivity contribution in [1.29, 1.82) is 0 Å². The first kappa shape index (κ1) is 16.7. The summed E-state index contributed by atoms with van der Waals surface area (Å²) in [5.74, 6) is 2.15. The second-order valence-corrected chi connectivity index (χ2v) is 7.33. The lowest BCUT2D eigenvalue weighted by molar-refractivity contribution is 0.0328. The van der Waals surface area contributed by atoms with Gasteiger partial charge in [0.05, 0.1) is 12.6 Å². The Bertz CT molecular complexity index is 686. The Morgan fingerprint density at radius 2 is 2.04 bits per heavy atom. The van der Waals surface area contributed by atoms with Crippen LogP contribution in [0.15, 0.2) is 34.9 Å². The first-order chi connectivity index (χ1) is 12.2. The molecule has 0 radical (unpaired) electrons. The molecule has 1 aliphatic heterocycles. The predicted molar refractivity (Wildman–Crippen MR) is 94.0 cm³/mol. The molecule has 2 heterocycles. The van der Waals surface area contributed by atoms with Crippen molar-refractivity contribution >= 4 is 0 Å². The van der Waals surface area contributed by atoms with Crippen molar-refractivity contribution in [3.05, 3.63) is 47.6 Å². The fourth-order valence-electron chi connectivity index (χ4n) is 3.52. The van der Waals surface area contributed by atoms with Crippen molar-refractivity contribution in [1.82, 2.24) is 19.9 Å². The van der Waals surface area contributed by atoms with Crippen LogP contribution in [0.1, 0.15) is 49.1 Å². The second-order valence-electron chi connectivity index (χ2n) is 7.33. The summed E-state index contributed by atoms with van der Waals surface area (Å²) in [5.41, 5.74) is 0.982. The van der Waals surface area contributed by atoms with Crippen molar-refractivity contribution in [2.45, 2.75) is 44.4 Å². The maximum absolute atomic E-state index is 10.5. The number of rotatable bonds is 6. The molecule has 6 nitrogen and oxygen atoms in total. The van der Waals surface area contributed by atoms with Crippen molar-refractivity contribution in [2.24, 2.45) is 0 Å². The maximum atomic E-state index is 10.5. The zero-order chi connectivity index (χ0) is 17.2. The van der Waals surface area contributed by atoms with Gasteiger partial charge in [0.25, 0.3) is 0 Å². The van der Waals surface area contributed by atoms with Crippen molar-refractivity contribution < 1.29 is 9.63 Å². The Kier molecular flexibility index (Phi) is 4.83. The zero-order valence-electron chi connectivity index (χ0n) is 14.7. The average molecular weight is 342 g/mol. The van der Waals surface area contributed by atoms with Gasteiger partial charge in [-0.3, -0.25) is 9.80 Å². The lowest BCUT2D eigenvalue weighted by atomic mass is 10.1. The van der Waals surface area contributed by atoms with E-state index in [4.69, 9.17) is 4.52 Å². The lowest BCUT2D eigenvalue weighted by Gasteiger charge is -2.40. The third kappa shape index (κ3) is 4.08. The van der Waals surface area contributed by atoms with E-state index in [0.29, 0.717) is 18.5 Å². The second kappa shape index (κ2) is 7.23. The van der Waals surface area contributed by atoms with Crippen molar-refractivity contribution in [2.75, 3.05) is 26.2 Å². The average Bonchev–Trinajstić information content (AvgIpc) is 3.38. The lowest BCUT2D eigenvalue weighted by Crippen LogP contribution is -2.52. The summed E-state index contributed by atoms with van der Waals surface area (Å²) in [6.45, 7) is 6.45. The van der Waals surface area contributed by atoms with Gasteiger partial charge in [0, 0.05) is 38.1 Å². The molecule has 0 spiro atoms. The Hall–Kier alpha value is -1.76. The molecule has 25 heavy (non-hydrogen) atoms. The minimum Gasteiger partial charge on any atom is -0.387 e. The minimum absolute atomic E-state index is 0.387. The molecule has 1 saturated heterocycles. The highest BCUT2D eigenvalue weighted by Gasteiger charge is 2.30. The maximum Gasteiger partial charge on any atom is 0.240 e. The minimum atomic E-state index is -0.438. The number of aliphatic hydroxyl groups excluding tert-OH is 1. The number of benzene rings is 1. The summed E-state index contributed by atoms with van der Waals surface area (Å²) in [5, 5.41) is 14.6. The number of β-amino-alcohol motifs (C(OH)–C–C–N with tert-alkyl or cyclic N) is 1. The van der Waals surface area contributed by atoms with E-state index in [1.165, 1.54) is 12.8 Å². The fraction of sp³-hybridized carbons (Fsp3) is 0.579. The van der Waals surface area contributed by atoms with Crippen LogP contribution in [0.25, 0.3) is 0 Å². The summed E-state index contributed by atoms with van der Waals surface area (Å²) in [6.07, 6.45) is 1.95. The molecule has 0 bridgehead atoms. The molecular weight excluding hydrogens is 316 g/mol. The molecule has 1 aliphatic carbocycles. The standard InChI is InChI=1S/C19H26N4O2/c1-14-11-22(13-18-20-19(21-25-18)16-7-8-16)9-10-23(14)12-17(24)15-5-3-2-4-6-15/h2-6,14,16-17,24H,7-13H2,1H3/t14-,17+/m0/s1. The smallest absolute Gasteiger partial charge is 0.240 e. The van der Waals surface area contributed by atoms with Crippen molar-refractivity contribution in [3.63, 3.8) is 0 Å². The van der Waals surface area contributed by atoms with Crippen LogP contribution in [0.3, 0.4) is 0 Å². The molecule has 0 amide bonds. The van der Waals surface area contributed by atoms with E-state index in [2.05, 4.69) is 26.9 Å². The number of piperazine rings is 1. The van der Waals surface area contributed by atoms with E-state index in [-0.39, 0.29) is 0 Å². The normalized spacial score (nSPS) is 23.7. The fourth-order valence-corrected chi connectivity index (χ4v) is 3.52. The molecule has 1 aromatic heterocycles. The highest BCUT2D eigenvalue weighted by atomic mass is 16.5. The van der Waals surface area contributed by atoms with Crippen LogP contribution in [0.4, 0.5) is 0 Å². The highest BCUT2D eigenvalue weighted by Crippen LogP contribution is 2.38. The molecule has 2 fully saturated rings. The molecule has 6 heteroatoms. The van der Waals surface area contributed by atoms with Gasteiger partial charge in [0.15, 0.2) is 5.82 Å².